The molecule has 1 aliphatic carbocycles. The van der Waals surface area contributed by atoms with Crippen LogP contribution in [0.4, 0.5) is 0 Å². The summed E-state index contributed by atoms with van der Waals surface area (Å²) in [6, 6.07) is 23.0. The molecule has 4 rings (SSSR count). The van der Waals surface area contributed by atoms with E-state index in [1.807, 2.05) is 0 Å². The lowest BCUT2D eigenvalue weighted by atomic mass is 9.62. The molecular formula is C34H42. The van der Waals surface area contributed by atoms with Crippen LogP contribution >= 0.6 is 0 Å². The summed E-state index contributed by atoms with van der Waals surface area (Å²) >= 11 is 0. The lowest BCUT2D eigenvalue weighted by Gasteiger charge is -2.42. The number of hydrogen-bond donors (Lipinski definition) is 0. The fraction of sp³-hybridized carbons (Fsp3) is 0.412. The standard InChI is InChI=1S/C34H42/c1-24-10-8-12-27(20-24)13-9-11-25(2)29-16-14-28(15-17-29)22-30-23-32-31(21-26(30)3)33(4,5)18-19-34(32,6)7/h8,10,12,14-17,20-21,23H,2,9,11,13,18-19,22H2,1,3-7H3. The predicted molar refractivity (Wildman–Crippen MR) is 149 cm³/mol. The largest absolute Gasteiger partial charge is 0.0952 e. The molecule has 0 amide bonds. The van der Waals surface area contributed by atoms with Crippen molar-refractivity contribution in [1.29, 1.82) is 0 Å². The molecule has 34 heavy (non-hydrogen) atoms. The van der Waals surface area contributed by atoms with Gasteiger partial charge in [0, 0.05) is 0 Å². The van der Waals surface area contributed by atoms with Crippen LogP contribution in [0.5, 0.6) is 0 Å². The van der Waals surface area contributed by atoms with Crippen LogP contribution in [0.2, 0.25) is 0 Å². The molecule has 0 heteroatoms. The van der Waals surface area contributed by atoms with Crippen molar-refractivity contribution in [1.82, 2.24) is 0 Å². The van der Waals surface area contributed by atoms with Crippen LogP contribution in [0.15, 0.2) is 67.2 Å². The number of hydrogen-bond acceptors (Lipinski definition) is 0. The number of benzene rings is 3. The number of allylic oxidation sites excluding steroid dienone is 1. The Hall–Kier alpha value is -2.60. The third-order valence-electron chi connectivity index (χ3n) is 8.09. The minimum atomic E-state index is 0.257. The highest BCUT2D eigenvalue weighted by molar-refractivity contribution is 5.63. The first-order valence-electron chi connectivity index (χ1n) is 13.0. The second-order valence-corrected chi connectivity index (χ2v) is 11.9. The summed E-state index contributed by atoms with van der Waals surface area (Å²) in [6.07, 6.45) is 6.82. The molecule has 0 spiro atoms. The molecular weight excluding hydrogens is 408 g/mol. The maximum Gasteiger partial charge on any atom is -0.00230 e. The molecule has 0 fully saturated rings. The average Bonchev–Trinajstić information content (AvgIpc) is 2.78. The second kappa shape index (κ2) is 9.57. The topological polar surface area (TPSA) is 0 Å². The zero-order chi connectivity index (χ0) is 24.5. The second-order valence-electron chi connectivity index (χ2n) is 11.9. The van der Waals surface area contributed by atoms with Crippen molar-refractivity contribution >= 4 is 5.57 Å². The zero-order valence-corrected chi connectivity index (χ0v) is 22.2. The van der Waals surface area contributed by atoms with Crippen LogP contribution in [0.25, 0.3) is 5.57 Å². The third-order valence-corrected chi connectivity index (χ3v) is 8.09. The summed E-state index contributed by atoms with van der Waals surface area (Å²) in [6.45, 7) is 18.5. The van der Waals surface area contributed by atoms with Gasteiger partial charge in [-0.15, -0.1) is 0 Å². The fourth-order valence-corrected chi connectivity index (χ4v) is 5.55. The number of rotatable bonds is 7. The predicted octanol–water partition coefficient (Wildman–Crippen LogP) is 9.28. The van der Waals surface area contributed by atoms with E-state index in [0.29, 0.717) is 0 Å². The van der Waals surface area contributed by atoms with E-state index in [1.54, 1.807) is 11.1 Å². The fourth-order valence-electron chi connectivity index (χ4n) is 5.55. The maximum atomic E-state index is 4.38. The van der Waals surface area contributed by atoms with E-state index in [2.05, 4.69) is 109 Å². The van der Waals surface area contributed by atoms with E-state index < -0.39 is 0 Å². The Labute approximate surface area is 208 Å². The lowest BCUT2D eigenvalue weighted by Crippen LogP contribution is -2.34. The van der Waals surface area contributed by atoms with E-state index in [9.17, 15) is 0 Å². The molecule has 0 aliphatic heterocycles. The van der Waals surface area contributed by atoms with Crippen LogP contribution in [-0.4, -0.2) is 0 Å². The van der Waals surface area contributed by atoms with Crippen LogP contribution in [0, 0.1) is 13.8 Å². The summed E-state index contributed by atoms with van der Waals surface area (Å²) in [5, 5.41) is 0. The SMILES string of the molecule is C=C(CCCc1cccc(C)c1)c1ccc(Cc2cc3c(cc2C)C(C)(C)CCC3(C)C)cc1. The Bertz CT molecular complexity index is 1170. The van der Waals surface area contributed by atoms with Crippen molar-refractivity contribution in [2.24, 2.45) is 0 Å². The molecule has 0 radical (unpaired) electrons. The van der Waals surface area contributed by atoms with Crippen LogP contribution in [-0.2, 0) is 23.7 Å². The number of aryl methyl sites for hydroxylation is 3. The van der Waals surface area contributed by atoms with E-state index in [4.69, 9.17) is 0 Å². The van der Waals surface area contributed by atoms with Gasteiger partial charge in [-0.25, -0.2) is 0 Å². The normalized spacial score (nSPS) is 16.2. The van der Waals surface area contributed by atoms with Gasteiger partial charge >= 0.3 is 0 Å². The van der Waals surface area contributed by atoms with E-state index in [-0.39, 0.29) is 10.8 Å². The summed E-state index contributed by atoms with van der Waals surface area (Å²) in [7, 11) is 0. The average molecular weight is 451 g/mol. The minimum Gasteiger partial charge on any atom is -0.0952 e. The monoisotopic (exact) mass is 450 g/mol. The van der Waals surface area contributed by atoms with E-state index >= 15 is 0 Å². The molecule has 0 nitrogen and oxygen atoms in total. The Morgan fingerprint density at radius 1 is 0.794 bits per heavy atom. The van der Waals surface area contributed by atoms with Crippen molar-refractivity contribution < 1.29 is 0 Å². The molecule has 0 aromatic heterocycles. The van der Waals surface area contributed by atoms with Gasteiger partial charge < -0.3 is 0 Å². The van der Waals surface area contributed by atoms with Crippen LogP contribution in [0.3, 0.4) is 0 Å². The molecule has 0 bridgehead atoms. The zero-order valence-electron chi connectivity index (χ0n) is 22.2. The molecule has 0 atom stereocenters. The van der Waals surface area contributed by atoms with Crippen molar-refractivity contribution in [3.05, 3.63) is 112 Å². The van der Waals surface area contributed by atoms with Gasteiger partial charge in [0.1, 0.15) is 0 Å². The number of fused-ring (bicyclic) bond motifs is 1. The van der Waals surface area contributed by atoms with Crippen molar-refractivity contribution in [2.75, 3.05) is 0 Å². The van der Waals surface area contributed by atoms with E-state index in [0.717, 1.165) is 25.7 Å². The molecule has 0 saturated carbocycles. The Morgan fingerprint density at radius 2 is 1.44 bits per heavy atom. The van der Waals surface area contributed by atoms with Crippen molar-refractivity contribution in [3.8, 4) is 0 Å². The highest BCUT2D eigenvalue weighted by Gasteiger charge is 2.37. The Kier molecular flexibility index (Phi) is 6.90. The van der Waals surface area contributed by atoms with Crippen molar-refractivity contribution in [2.45, 2.75) is 90.9 Å². The van der Waals surface area contributed by atoms with Gasteiger partial charge in [-0.2, -0.15) is 0 Å². The molecule has 0 N–H and O–H groups in total. The van der Waals surface area contributed by atoms with Gasteiger partial charge in [0.05, 0.1) is 0 Å². The van der Waals surface area contributed by atoms with Crippen LogP contribution < -0.4 is 0 Å². The van der Waals surface area contributed by atoms with Crippen molar-refractivity contribution in [3.63, 3.8) is 0 Å². The smallest absolute Gasteiger partial charge is 0.00230 e. The van der Waals surface area contributed by atoms with Gasteiger partial charge in [-0.1, -0.05) is 101 Å². The first-order chi connectivity index (χ1) is 16.0. The van der Waals surface area contributed by atoms with E-state index in [1.165, 1.54) is 51.8 Å². The summed E-state index contributed by atoms with van der Waals surface area (Å²) in [5.41, 5.74) is 13.2. The minimum absolute atomic E-state index is 0.257. The van der Waals surface area contributed by atoms with Gasteiger partial charge in [0.15, 0.2) is 0 Å². The molecule has 0 saturated heterocycles. The molecule has 3 aromatic carbocycles. The Balaban J connectivity index is 1.43. The highest BCUT2D eigenvalue weighted by Crippen LogP contribution is 2.46. The van der Waals surface area contributed by atoms with Gasteiger partial charge in [0.25, 0.3) is 0 Å². The lowest BCUT2D eigenvalue weighted by molar-refractivity contribution is 0.331. The van der Waals surface area contributed by atoms with Gasteiger partial charge in [0.2, 0.25) is 0 Å². The first-order valence-corrected chi connectivity index (χ1v) is 13.0. The molecule has 178 valence electrons. The Morgan fingerprint density at radius 3 is 2.09 bits per heavy atom. The molecule has 0 unspecified atom stereocenters. The summed E-state index contributed by atoms with van der Waals surface area (Å²) in [4.78, 5) is 0. The third kappa shape index (κ3) is 5.38. The quantitative estimate of drug-likeness (QED) is 0.336. The molecule has 1 aliphatic rings. The maximum absolute atomic E-state index is 4.38. The summed E-state index contributed by atoms with van der Waals surface area (Å²) in [5.74, 6) is 0. The summed E-state index contributed by atoms with van der Waals surface area (Å²) < 4.78 is 0. The van der Waals surface area contributed by atoms with Gasteiger partial charge in [-0.05, 0) is 108 Å². The molecule has 3 aromatic rings. The van der Waals surface area contributed by atoms with Gasteiger partial charge in [-0.3, -0.25) is 0 Å². The molecule has 0 heterocycles. The van der Waals surface area contributed by atoms with Crippen LogP contribution in [0.1, 0.15) is 97.9 Å². The highest BCUT2D eigenvalue weighted by atomic mass is 14.4. The first kappa shape index (κ1) is 24.5.